The molecular formula is C32H30F3NO5. The first-order valence-electron chi connectivity index (χ1n) is 13.7. The number of rotatable bonds is 7. The van der Waals surface area contributed by atoms with Gasteiger partial charge in [0.05, 0.1) is 24.3 Å². The Morgan fingerprint density at radius 2 is 1.61 bits per heavy atom. The van der Waals surface area contributed by atoms with E-state index in [0.717, 1.165) is 43.2 Å². The number of Topliss-reactive ketones (excluding diaryl/α,β-unsaturated/α-hetero) is 2. The average molecular weight is 566 g/mol. The van der Waals surface area contributed by atoms with E-state index in [1.165, 1.54) is 29.2 Å². The van der Waals surface area contributed by atoms with Crippen LogP contribution in [0.3, 0.4) is 0 Å². The van der Waals surface area contributed by atoms with E-state index in [0.29, 0.717) is 12.3 Å². The summed E-state index contributed by atoms with van der Waals surface area (Å²) in [5.41, 5.74) is 2.76. The molecule has 2 aromatic carbocycles. The molecule has 0 bridgehead atoms. The van der Waals surface area contributed by atoms with E-state index in [1.54, 1.807) is 18.4 Å². The number of alkyl halides is 3. The van der Waals surface area contributed by atoms with Gasteiger partial charge in [-0.05, 0) is 54.2 Å². The van der Waals surface area contributed by atoms with Gasteiger partial charge < -0.3 is 9.84 Å². The Morgan fingerprint density at radius 1 is 0.951 bits per heavy atom. The number of carbonyl (C=O) groups excluding carboxylic acids is 3. The molecule has 41 heavy (non-hydrogen) atoms. The number of allylic oxidation sites excluding steroid dienone is 2. The monoisotopic (exact) mass is 565 g/mol. The van der Waals surface area contributed by atoms with Crippen LogP contribution in [0.5, 0.6) is 0 Å². The van der Waals surface area contributed by atoms with E-state index in [2.05, 4.69) is 0 Å². The van der Waals surface area contributed by atoms with Crippen molar-refractivity contribution in [1.29, 1.82) is 0 Å². The maximum Gasteiger partial charge on any atom is 0.389 e. The highest BCUT2D eigenvalue weighted by Crippen LogP contribution is 2.41. The van der Waals surface area contributed by atoms with Crippen molar-refractivity contribution in [1.82, 2.24) is 0 Å². The van der Waals surface area contributed by atoms with Crippen LogP contribution >= 0.6 is 0 Å². The molecule has 5 rings (SSSR count). The predicted octanol–water partition coefficient (Wildman–Crippen LogP) is 6.97. The van der Waals surface area contributed by atoms with Crippen LogP contribution in [0.2, 0.25) is 0 Å². The van der Waals surface area contributed by atoms with E-state index in [-0.39, 0.29) is 28.4 Å². The molecule has 2 aromatic rings. The fraction of sp³-hybridized carbons (Fsp3) is 0.344. The van der Waals surface area contributed by atoms with Crippen molar-refractivity contribution in [3.63, 3.8) is 0 Å². The van der Waals surface area contributed by atoms with Crippen molar-refractivity contribution in [2.24, 2.45) is 5.92 Å². The van der Waals surface area contributed by atoms with E-state index in [9.17, 15) is 32.7 Å². The van der Waals surface area contributed by atoms with Gasteiger partial charge in [-0.15, -0.1) is 0 Å². The number of anilines is 1. The lowest BCUT2D eigenvalue weighted by Gasteiger charge is -2.34. The molecular weight excluding hydrogens is 535 g/mol. The second-order valence-electron chi connectivity index (χ2n) is 10.6. The summed E-state index contributed by atoms with van der Waals surface area (Å²) in [6.45, 7) is 0.465. The molecule has 3 aliphatic rings. The van der Waals surface area contributed by atoms with Gasteiger partial charge in [0.1, 0.15) is 12.4 Å². The van der Waals surface area contributed by atoms with Crippen molar-refractivity contribution in [3.8, 4) is 0 Å². The lowest BCUT2D eigenvalue weighted by atomic mass is 9.80. The second-order valence-corrected chi connectivity index (χ2v) is 10.6. The highest BCUT2D eigenvalue weighted by Gasteiger charge is 2.49. The molecule has 0 aromatic heterocycles. The normalized spacial score (nSPS) is 21.1. The lowest BCUT2D eigenvalue weighted by Crippen LogP contribution is -2.40. The summed E-state index contributed by atoms with van der Waals surface area (Å²) >= 11 is 0. The van der Waals surface area contributed by atoms with Crippen LogP contribution in [-0.4, -0.2) is 41.4 Å². The molecule has 0 spiro atoms. The average Bonchev–Trinajstić information content (AvgIpc) is 3.26. The number of carbonyl (C=O) groups is 3. The van der Waals surface area contributed by atoms with Gasteiger partial charge in [0.25, 0.3) is 11.7 Å². The summed E-state index contributed by atoms with van der Waals surface area (Å²) < 4.78 is 42.8. The van der Waals surface area contributed by atoms with E-state index >= 15 is 0 Å². The van der Waals surface area contributed by atoms with Crippen molar-refractivity contribution in [2.45, 2.75) is 57.2 Å². The summed E-state index contributed by atoms with van der Waals surface area (Å²) in [5, 5.41) is 11.3. The molecule has 1 atom stereocenters. The van der Waals surface area contributed by atoms with Crippen LogP contribution < -0.4 is 4.90 Å². The number of amides is 1. The summed E-state index contributed by atoms with van der Waals surface area (Å²) in [7, 11) is 0. The molecule has 2 aliphatic heterocycles. The standard InChI is InChI=1S/C32H30F3NO5/c33-32(34,35)17-14-26(37)22-6-8-24(9-7-22)29(38)27-28(23-4-2-1-3-5-23)36(31(40)30(27)39)25-12-10-20(11-13-25)21-15-18-41-19-16-21/h6-13,15-16,18,23,28,38H,1-5,14,17,19H2. The van der Waals surface area contributed by atoms with Gasteiger partial charge in [0.15, 0.2) is 5.78 Å². The van der Waals surface area contributed by atoms with Gasteiger partial charge in [-0.25, -0.2) is 0 Å². The fourth-order valence-electron chi connectivity index (χ4n) is 5.82. The Balaban J connectivity index is 1.47. The molecule has 1 aliphatic carbocycles. The van der Waals surface area contributed by atoms with E-state index in [4.69, 9.17) is 4.74 Å². The molecule has 1 unspecified atom stereocenters. The maximum absolute atomic E-state index is 13.4. The summed E-state index contributed by atoms with van der Waals surface area (Å²) in [4.78, 5) is 40.6. The number of hydrogen-bond donors (Lipinski definition) is 1. The molecule has 1 saturated heterocycles. The quantitative estimate of drug-likeness (QED) is 0.170. The van der Waals surface area contributed by atoms with Gasteiger partial charge in [-0.1, -0.05) is 55.7 Å². The third kappa shape index (κ3) is 6.14. The largest absolute Gasteiger partial charge is 0.507 e. The number of benzene rings is 2. The molecule has 1 N–H and O–H groups in total. The van der Waals surface area contributed by atoms with Crippen molar-refractivity contribution >= 4 is 34.5 Å². The summed E-state index contributed by atoms with van der Waals surface area (Å²) in [6, 6.07) is 12.1. The predicted molar refractivity (Wildman–Crippen MR) is 148 cm³/mol. The Hall–Kier alpha value is -4.14. The first-order chi connectivity index (χ1) is 19.6. The molecule has 0 radical (unpaired) electrons. The Labute approximate surface area is 235 Å². The van der Waals surface area contributed by atoms with Gasteiger partial charge in [0, 0.05) is 23.2 Å². The van der Waals surface area contributed by atoms with Crippen LogP contribution in [0.1, 0.15) is 66.4 Å². The summed E-state index contributed by atoms with van der Waals surface area (Å²) in [6.07, 6.45) is 3.61. The molecule has 9 heteroatoms. The van der Waals surface area contributed by atoms with Crippen molar-refractivity contribution < 1.29 is 37.4 Å². The smallest absolute Gasteiger partial charge is 0.389 e. The number of aliphatic hydroxyl groups is 1. The zero-order valence-corrected chi connectivity index (χ0v) is 22.3. The number of nitrogens with zero attached hydrogens (tertiary/aromatic N) is 1. The van der Waals surface area contributed by atoms with Gasteiger partial charge in [-0.3, -0.25) is 19.3 Å². The van der Waals surface area contributed by atoms with Crippen molar-refractivity contribution in [3.05, 3.63) is 89.2 Å². The Bertz CT molecular complexity index is 1410. The molecule has 2 heterocycles. The molecule has 1 saturated carbocycles. The minimum absolute atomic E-state index is 0.0113. The first-order valence-corrected chi connectivity index (χ1v) is 13.7. The number of ether oxygens (including phenoxy) is 1. The first kappa shape index (κ1) is 28.4. The molecule has 6 nitrogen and oxygen atoms in total. The van der Waals surface area contributed by atoms with Crippen LogP contribution in [0.25, 0.3) is 11.3 Å². The number of aliphatic hydroxyl groups excluding tert-OH is 1. The minimum atomic E-state index is -4.44. The lowest BCUT2D eigenvalue weighted by molar-refractivity contribution is -0.133. The minimum Gasteiger partial charge on any atom is -0.507 e. The Kier molecular flexibility index (Phi) is 8.15. The highest BCUT2D eigenvalue weighted by molar-refractivity contribution is 6.51. The van der Waals surface area contributed by atoms with E-state index < -0.39 is 42.5 Å². The zero-order chi connectivity index (χ0) is 29.1. The maximum atomic E-state index is 13.4. The van der Waals surface area contributed by atoms with Gasteiger partial charge in [0.2, 0.25) is 0 Å². The molecule has 2 fully saturated rings. The zero-order valence-electron chi connectivity index (χ0n) is 22.3. The highest BCUT2D eigenvalue weighted by atomic mass is 19.4. The fourth-order valence-corrected chi connectivity index (χ4v) is 5.82. The third-order valence-corrected chi connectivity index (χ3v) is 7.92. The third-order valence-electron chi connectivity index (χ3n) is 7.92. The van der Waals surface area contributed by atoms with Crippen molar-refractivity contribution in [2.75, 3.05) is 11.5 Å². The van der Waals surface area contributed by atoms with Gasteiger partial charge in [-0.2, -0.15) is 13.2 Å². The molecule has 1 amide bonds. The Morgan fingerprint density at radius 3 is 2.22 bits per heavy atom. The van der Waals surface area contributed by atoms with Crippen LogP contribution in [0, 0.1) is 5.92 Å². The van der Waals surface area contributed by atoms with Crippen LogP contribution in [-0.2, 0) is 14.3 Å². The number of hydrogen-bond acceptors (Lipinski definition) is 5. The van der Waals surface area contributed by atoms with Crippen LogP contribution in [0.4, 0.5) is 18.9 Å². The van der Waals surface area contributed by atoms with E-state index in [1.807, 2.05) is 24.3 Å². The molecule has 214 valence electrons. The number of halogens is 3. The second kappa shape index (κ2) is 11.8. The summed E-state index contributed by atoms with van der Waals surface area (Å²) in [5.74, 6) is -2.58. The van der Waals surface area contributed by atoms with Crippen LogP contribution in [0.15, 0.2) is 72.5 Å². The number of ketones is 2. The topological polar surface area (TPSA) is 83.9 Å². The SMILES string of the molecule is O=C1C(=O)N(c2ccc(C3=CCOC=C3)cc2)C(C2CCCCC2)C1=C(O)c1ccc(C(=O)CCC(F)(F)F)cc1. The van der Waals surface area contributed by atoms with Gasteiger partial charge >= 0.3 is 6.18 Å².